The highest BCUT2D eigenvalue weighted by atomic mass is 16.5. The monoisotopic (exact) mass is 247 g/mol. The molecule has 0 fully saturated rings. The Hall–Kier alpha value is -1.97. The van der Waals surface area contributed by atoms with Crippen LogP contribution in [0, 0.1) is 0 Å². The molecule has 0 N–H and O–H groups in total. The van der Waals surface area contributed by atoms with Gasteiger partial charge < -0.3 is 14.0 Å². The van der Waals surface area contributed by atoms with E-state index >= 15 is 0 Å². The summed E-state index contributed by atoms with van der Waals surface area (Å²) >= 11 is 0. The van der Waals surface area contributed by atoms with Crippen molar-refractivity contribution < 1.29 is 14.3 Å². The molecule has 1 aromatic heterocycles. The van der Waals surface area contributed by atoms with Gasteiger partial charge >= 0.3 is 5.97 Å². The summed E-state index contributed by atoms with van der Waals surface area (Å²) in [5, 5.41) is 1.06. The molecule has 4 heteroatoms. The Morgan fingerprint density at radius 1 is 1.39 bits per heavy atom. The van der Waals surface area contributed by atoms with Crippen molar-refractivity contribution in [3.63, 3.8) is 0 Å². The third-order valence-corrected chi connectivity index (χ3v) is 2.92. The zero-order valence-corrected chi connectivity index (χ0v) is 10.9. The highest BCUT2D eigenvalue weighted by molar-refractivity contribution is 5.88. The Bertz CT molecular complexity index is 572. The topological polar surface area (TPSA) is 40.5 Å². The average Bonchev–Trinajstić information content (AvgIpc) is 2.66. The highest BCUT2D eigenvalue weighted by Gasteiger charge is 2.11. The first-order valence-electron chi connectivity index (χ1n) is 5.93. The molecule has 18 heavy (non-hydrogen) atoms. The lowest BCUT2D eigenvalue weighted by Crippen LogP contribution is -2.07. The zero-order valence-electron chi connectivity index (χ0n) is 10.9. The summed E-state index contributed by atoms with van der Waals surface area (Å²) in [5.41, 5.74) is 2.03. The number of esters is 1. The summed E-state index contributed by atoms with van der Waals surface area (Å²) in [5.74, 6) is 0.618. The molecule has 0 aliphatic rings. The number of hydrogen-bond acceptors (Lipinski definition) is 3. The maximum atomic E-state index is 11.5. The first-order chi connectivity index (χ1) is 8.65. The minimum Gasteiger partial charge on any atom is -0.497 e. The van der Waals surface area contributed by atoms with E-state index in [1.54, 1.807) is 7.11 Å². The zero-order chi connectivity index (χ0) is 13.1. The van der Waals surface area contributed by atoms with Gasteiger partial charge in [-0.1, -0.05) is 0 Å². The second kappa shape index (κ2) is 5.12. The molecule has 0 amide bonds. The van der Waals surface area contributed by atoms with Crippen LogP contribution < -0.4 is 4.74 Å². The van der Waals surface area contributed by atoms with Crippen molar-refractivity contribution in [3.05, 3.63) is 30.0 Å². The minimum atomic E-state index is -0.194. The fraction of sp³-hybridized carbons (Fsp3) is 0.357. The summed E-state index contributed by atoms with van der Waals surface area (Å²) < 4.78 is 12.2. The van der Waals surface area contributed by atoms with Crippen molar-refractivity contribution in [2.24, 2.45) is 7.05 Å². The van der Waals surface area contributed by atoms with Gasteiger partial charge in [-0.15, -0.1) is 0 Å². The Morgan fingerprint density at radius 3 is 2.83 bits per heavy atom. The van der Waals surface area contributed by atoms with Crippen molar-refractivity contribution >= 4 is 16.9 Å². The molecule has 2 rings (SSSR count). The number of methoxy groups -OCH3 is 1. The molecule has 0 unspecified atom stereocenters. The Morgan fingerprint density at radius 2 is 2.17 bits per heavy atom. The number of ether oxygens (including phenoxy) is 2. The van der Waals surface area contributed by atoms with Gasteiger partial charge in [0.1, 0.15) is 5.75 Å². The number of fused-ring (bicyclic) bond motifs is 1. The third-order valence-electron chi connectivity index (χ3n) is 2.92. The second-order valence-electron chi connectivity index (χ2n) is 4.13. The Labute approximate surface area is 106 Å². The summed E-state index contributed by atoms with van der Waals surface area (Å²) in [6.45, 7) is 2.23. The molecule has 0 atom stereocenters. The number of carbonyl (C=O) groups is 1. The SMILES string of the molecule is CCOC(=O)Cc1cn(C)c2cc(OC)ccc12. The van der Waals surface area contributed by atoms with Crippen LogP contribution >= 0.6 is 0 Å². The van der Waals surface area contributed by atoms with Crippen molar-refractivity contribution in [1.82, 2.24) is 4.57 Å². The molecule has 2 aromatic rings. The van der Waals surface area contributed by atoms with Crippen LogP contribution in [-0.2, 0) is 23.0 Å². The summed E-state index contributed by atoms with van der Waals surface area (Å²) in [6, 6.07) is 5.84. The van der Waals surface area contributed by atoms with Crippen LogP contribution in [0.4, 0.5) is 0 Å². The van der Waals surface area contributed by atoms with Crippen LogP contribution in [-0.4, -0.2) is 24.3 Å². The van der Waals surface area contributed by atoms with E-state index in [2.05, 4.69) is 0 Å². The second-order valence-corrected chi connectivity index (χ2v) is 4.13. The van der Waals surface area contributed by atoms with Crippen LogP contribution in [0.2, 0.25) is 0 Å². The Kier molecular flexibility index (Phi) is 3.55. The number of nitrogens with zero attached hydrogens (tertiary/aromatic N) is 1. The predicted octanol–water partition coefficient (Wildman–Crippen LogP) is 2.29. The van der Waals surface area contributed by atoms with Crippen LogP contribution in [0.25, 0.3) is 10.9 Å². The third kappa shape index (κ3) is 2.32. The van der Waals surface area contributed by atoms with Crippen LogP contribution in [0.1, 0.15) is 12.5 Å². The standard InChI is InChI=1S/C14H17NO3/c1-4-18-14(16)7-10-9-15(2)13-8-11(17-3)5-6-12(10)13/h5-6,8-9H,4,7H2,1-3H3. The number of benzene rings is 1. The van der Waals surface area contributed by atoms with Gasteiger partial charge in [-0.2, -0.15) is 0 Å². The van der Waals surface area contributed by atoms with Gasteiger partial charge in [-0.3, -0.25) is 4.79 Å². The molecule has 4 nitrogen and oxygen atoms in total. The number of rotatable bonds is 4. The molecule has 0 spiro atoms. The molecular formula is C14H17NO3. The van der Waals surface area contributed by atoms with Crippen LogP contribution in [0.3, 0.4) is 0 Å². The molecule has 1 aromatic carbocycles. The average molecular weight is 247 g/mol. The van der Waals surface area contributed by atoms with Gasteiger partial charge in [0.15, 0.2) is 0 Å². The molecule has 1 heterocycles. The van der Waals surface area contributed by atoms with Crippen molar-refractivity contribution in [2.75, 3.05) is 13.7 Å². The van der Waals surface area contributed by atoms with Gasteiger partial charge in [-0.05, 0) is 24.6 Å². The first kappa shape index (κ1) is 12.5. The summed E-state index contributed by atoms with van der Waals surface area (Å²) in [4.78, 5) is 11.5. The fourth-order valence-corrected chi connectivity index (χ4v) is 2.08. The lowest BCUT2D eigenvalue weighted by Gasteiger charge is -2.02. The normalized spacial score (nSPS) is 10.6. The first-order valence-corrected chi connectivity index (χ1v) is 5.93. The van der Waals surface area contributed by atoms with E-state index in [9.17, 15) is 4.79 Å². The van der Waals surface area contributed by atoms with Gasteiger partial charge in [0.25, 0.3) is 0 Å². The lowest BCUT2D eigenvalue weighted by atomic mass is 10.1. The maximum Gasteiger partial charge on any atom is 0.310 e. The molecular weight excluding hydrogens is 230 g/mol. The van der Waals surface area contributed by atoms with E-state index in [4.69, 9.17) is 9.47 Å². The van der Waals surface area contributed by atoms with Crippen LogP contribution in [0.5, 0.6) is 5.75 Å². The molecule has 0 aliphatic heterocycles. The van der Waals surface area contributed by atoms with Gasteiger partial charge in [-0.25, -0.2) is 0 Å². The molecule has 0 bridgehead atoms. The Balaban J connectivity index is 2.37. The van der Waals surface area contributed by atoms with Gasteiger partial charge in [0, 0.05) is 24.7 Å². The molecule has 0 aliphatic carbocycles. The molecule has 0 saturated carbocycles. The number of aromatic nitrogens is 1. The van der Waals surface area contributed by atoms with E-state index in [1.165, 1.54) is 0 Å². The quantitative estimate of drug-likeness (QED) is 0.778. The van der Waals surface area contributed by atoms with E-state index in [1.807, 2.05) is 42.9 Å². The predicted molar refractivity (Wildman–Crippen MR) is 69.8 cm³/mol. The number of hydrogen-bond donors (Lipinski definition) is 0. The van der Waals surface area contributed by atoms with Crippen LogP contribution in [0.15, 0.2) is 24.4 Å². The molecule has 96 valence electrons. The largest absolute Gasteiger partial charge is 0.497 e. The van der Waals surface area contributed by atoms with E-state index in [0.29, 0.717) is 13.0 Å². The van der Waals surface area contributed by atoms with Crippen molar-refractivity contribution in [2.45, 2.75) is 13.3 Å². The van der Waals surface area contributed by atoms with E-state index < -0.39 is 0 Å². The van der Waals surface area contributed by atoms with E-state index in [-0.39, 0.29) is 5.97 Å². The molecule has 0 saturated heterocycles. The number of aryl methyl sites for hydroxylation is 1. The highest BCUT2D eigenvalue weighted by Crippen LogP contribution is 2.25. The van der Waals surface area contributed by atoms with E-state index in [0.717, 1.165) is 22.2 Å². The maximum absolute atomic E-state index is 11.5. The smallest absolute Gasteiger partial charge is 0.310 e. The summed E-state index contributed by atoms with van der Waals surface area (Å²) in [7, 11) is 3.60. The van der Waals surface area contributed by atoms with Gasteiger partial charge in [0.2, 0.25) is 0 Å². The lowest BCUT2D eigenvalue weighted by molar-refractivity contribution is -0.142. The molecule has 0 radical (unpaired) electrons. The summed E-state index contributed by atoms with van der Waals surface area (Å²) in [6.07, 6.45) is 2.26. The van der Waals surface area contributed by atoms with Crippen molar-refractivity contribution in [3.8, 4) is 5.75 Å². The van der Waals surface area contributed by atoms with Crippen molar-refractivity contribution in [1.29, 1.82) is 0 Å². The minimum absolute atomic E-state index is 0.194. The fourth-order valence-electron chi connectivity index (χ4n) is 2.08. The number of carbonyl (C=O) groups excluding carboxylic acids is 1. The van der Waals surface area contributed by atoms with Gasteiger partial charge in [0.05, 0.1) is 25.7 Å².